The summed E-state index contributed by atoms with van der Waals surface area (Å²) >= 11 is 1.25. The molecule has 2 aromatic rings. The van der Waals surface area contributed by atoms with Crippen molar-refractivity contribution < 1.29 is 14.4 Å². The number of amides is 1. The van der Waals surface area contributed by atoms with Gasteiger partial charge in [0.1, 0.15) is 0 Å². The summed E-state index contributed by atoms with van der Waals surface area (Å²) in [7, 11) is 1.56. The lowest BCUT2D eigenvalue weighted by molar-refractivity contribution is 0.0236. The fraction of sp³-hybridized carbons (Fsp3) is 0.308. The van der Waals surface area contributed by atoms with Crippen molar-refractivity contribution in [2.45, 2.75) is 18.9 Å². The second-order valence-corrected chi connectivity index (χ2v) is 5.59. The highest BCUT2D eigenvalue weighted by Gasteiger charge is 2.23. The minimum absolute atomic E-state index is 0.231. The number of carbonyl (C=O) groups is 2. The molecule has 1 aromatic heterocycles. The summed E-state index contributed by atoms with van der Waals surface area (Å²) in [5, 5.41) is 2.91. The minimum atomic E-state index is -0.423. The van der Waals surface area contributed by atoms with E-state index in [9.17, 15) is 9.59 Å². The molecule has 3 rings (SSSR count). The van der Waals surface area contributed by atoms with E-state index < -0.39 is 5.97 Å². The van der Waals surface area contributed by atoms with Crippen LogP contribution in [-0.4, -0.2) is 29.9 Å². The first-order valence-corrected chi connectivity index (χ1v) is 7.08. The summed E-state index contributed by atoms with van der Waals surface area (Å²) in [5.74, 6) is -0.653. The number of fused-ring (bicyclic) bond motifs is 1. The number of benzene rings is 1. The topological polar surface area (TPSA) is 80.3 Å². The quantitative estimate of drug-likeness (QED) is 0.834. The lowest BCUT2D eigenvalue weighted by Crippen LogP contribution is -2.21. The molecule has 1 aromatic carbocycles. The fourth-order valence-corrected chi connectivity index (χ4v) is 2.60. The van der Waals surface area contributed by atoms with Crippen LogP contribution in [0, 0.1) is 0 Å². The van der Waals surface area contributed by atoms with E-state index in [-0.39, 0.29) is 5.91 Å². The standard InChI is InChI=1S/C13H13N3O3S/c1-14-11(17)12-15-9-5-2-7(6-10(9)20-12)13(18)19-16-8-3-4-8/h2,5-6,8,16H,3-4H2,1H3,(H,14,17). The molecule has 1 saturated carbocycles. The molecule has 104 valence electrons. The van der Waals surface area contributed by atoms with Crippen molar-refractivity contribution in [1.82, 2.24) is 15.8 Å². The zero-order chi connectivity index (χ0) is 14.1. The van der Waals surface area contributed by atoms with Crippen LogP contribution in [0.4, 0.5) is 0 Å². The van der Waals surface area contributed by atoms with Gasteiger partial charge in [-0.05, 0) is 31.0 Å². The second kappa shape index (κ2) is 5.18. The Morgan fingerprint density at radius 2 is 2.20 bits per heavy atom. The van der Waals surface area contributed by atoms with Crippen LogP contribution in [0.15, 0.2) is 18.2 Å². The molecule has 0 radical (unpaired) electrons. The lowest BCUT2D eigenvalue weighted by Gasteiger charge is -2.03. The maximum atomic E-state index is 11.8. The Kier molecular flexibility index (Phi) is 3.37. The highest BCUT2D eigenvalue weighted by atomic mass is 32.1. The van der Waals surface area contributed by atoms with Gasteiger partial charge < -0.3 is 10.2 Å². The van der Waals surface area contributed by atoms with E-state index in [0.717, 1.165) is 17.5 Å². The third-order valence-electron chi connectivity index (χ3n) is 2.94. The maximum Gasteiger partial charge on any atom is 0.356 e. The van der Waals surface area contributed by atoms with E-state index in [4.69, 9.17) is 4.84 Å². The van der Waals surface area contributed by atoms with E-state index in [1.165, 1.54) is 11.3 Å². The predicted octanol–water partition coefficient (Wildman–Crippen LogP) is 1.48. The van der Waals surface area contributed by atoms with Crippen LogP contribution in [0.25, 0.3) is 10.2 Å². The number of nitrogens with one attached hydrogen (secondary N) is 2. The molecule has 0 unspecified atom stereocenters. The van der Waals surface area contributed by atoms with E-state index in [0.29, 0.717) is 22.1 Å². The molecule has 0 aliphatic heterocycles. The molecule has 2 N–H and O–H groups in total. The van der Waals surface area contributed by atoms with Crippen LogP contribution in [0.2, 0.25) is 0 Å². The third-order valence-corrected chi connectivity index (χ3v) is 3.96. The van der Waals surface area contributed by atoms with Gasteiger partial charge in [-0.3, -0.25) is 4.79 Å². The number of aromatic nitrogens is 1. The summed E-state index contributed by atoms with van der Waals surface area (Å²) in [5.41, 5.74) is 3.85. The summed E-state index contributed by atoms with van der Waals surface area (Å²) in [4.78, 5) is 32.6. The van der Waals surface area contributed by atoms with Crippen LogP contribution >= 0.6 is 11.3 Å². The highest BCUT2D eigenvalue weighted by molar-refractivity contribution is 7.20. The Labute approximate surface area is 119 Å². The molecule has 1 amide bonds. The average Bonchev–Trinajstić information content (AvgIpc) is 3.20. The summed E-state index contributed by atoms with van der Waals surface area (Å²) in [6, 6.07) is 5.35. The zero-order valence-electron chi connectivity index (χ0n) is 10.8. The third kappa shape index (κ3) is 2.63. The van der Waals surface area contributed by atoms with Gasteiger partial charge in [-0.15, -0.1) is 16.8 Å². The summed E-state index contributed by atoms with van der Waals surface area (Å²) in [6.45, 7) is 0. The smallest absolute Gasteiger partial charge is 0.356 e. The molecule has 0 saturated heterocycles. The average molecular weight is 291 g/mol. The van der Waals surface area contributed by atoms with E-state index in [1.54, 1.807) is 25.2 Å². The van der Waals surface area contributed by atoms with Crippen molar-refractivity contribution >= 4 is 33.4 Å². The Hall–Kier alpha value is -1.99. The van der Waals surface area contributed by atoms with Crippen molar-refractivity contribution in [3.05, 3.63) is 28.8 Å². The van der Waals surface area contributed by atoms with Crippen LogP contribution < -0.4 is 10.8 Å². The van der Waals surface area contributed by atoms with Crippen LogP contribution in [0.1, 0.15) is 33.0 Å². The molecule has 0 spiro atoms. The molecule has 1 fully saturated rings. The molecule has 0 bridgehead atoms. The number of hydroxylamine groups is 1. The molecule has 0 atom stereocenters. The van der Waals surface area contributed by atoms with Gasteiger partial charge in [-0.2, -0.15) is 0 Å². The van der Waals surface area contributed by atoms with Crippen molar-refractivity contribution in [3.8, 4) is 0 Å². The predicted molar refractivity (Wildman–Crippen MR) is 74.6 cm³/mol. The summed E-state index contributed by atoms with van der Waals surface area (Å²) < 4.78 is 0.782. The summed E-state index contributed by atoms with van der Waals surface area (Å²) in [6.07, 6.45) is 2.08. The van der Waals surface area contributed by atoms with E-state index in [2.05, 4.69) is 15.8 Å². The number of hydrogen-bond acceptors (Lipinski definition) is 6. The largest absolute Gasteiger partial charge is 0.366 e. The molecule has 20 heavy (non-hydrogen) atoms. The first-order valence-electron chi connectivity index (χ1n) is 6.27. The van der Waals surface area contributed by atoms with Crippen molar-refractivity contribution in [2.24, 2.45) is 0 Å². The maximum absolute atomic E-state index is 11.8. The molecule has 6 nitrogen and oxygen atoms in total. The van der Waals surface area contributed by atoms with E-state index >= 15 is 0 Å². The zero-order valence-corrected chi connectivity index (χ0v) is 11.6. The van der Waals surface area contributed by atoms with Gasteiger partial charge in [-0.25, -0.2) is 9.78 Å². The van der Waals surface area contributed by atoms with Crippen LogP contribution in [0.5, 0.6) is 0 Å². The van der Waals surface area contributed by atoms with Crippen molar-refractivity contribution in [2.75, 3.05) is 7.05 Å². The van der Waals surface area contributed by atoms with Crippen molar-refractivity contribution in [3.63, 3.8) is 0 Å². The van der Waals surface area contributed by atoms with Crippen LogP contribution in [-0.2, 0) is 4.84 Å². The first kappa shape index (κ1) is 13.0. The lowest BCUT2D eigenvalue weighted by atomic mass is 10.2. The molecule has 1 aliphatic carbocycles. The molecule has 1 heterocycles. The normalized spacial score (nSPS) is 14.2. The molecule has 7 heteroatoms. The second-order valence-electron chi connectivity index (χ2n) is 4.56. The number of nitrogens with zero attached hydrogens (tertiary/aromatic N) is 1. The van der Waals surface area contributed by atoms with Gasteiger partial charge in [0.05, 0.1) is 15.8 Å². The van der Waals surface area contributed by atoms with Gasteiger partial charge in [-0.1, -0.05) is 0 Å². The molecule has 1 aliphatic rings. The van der Waals surface area contributed by atoms with Gasteiger partial charge in [0.15, 0.2) is 5.01 Å². The Bertz CT molecular complexity index is 679. The van der Waals surface area contributed by atoms with Gasteiger partial charge in [0, 0.05) is 13.1 Å². The number of hydrogen-bond donors (Lipinski definition) is 2. The SMILES string of the molecule is CNC(=O)c1nc2ccc(C(=O)ONC3CC3)cc2s1. The Balaban J connectivity index is 1.81. The van der Waals surface area contributed by atoms with Gasteiger partial charge in [0.25, 0.3) is 5.91 Å². The monoisotopic (exact) mass is 291 g/mol. The molecular weight excluding hydrogens is 278 g/mol. The minimum Gasteiger partial charge on any atom is -0.366 e. The van der Waals surface area contributed by atoms with Gasteiger partial charge >= 0.3 is 5.97 Å². The Morgan fingerprint density at radius 1 is 1.40 bits per heavy atom. The number of carbonyl (C=O) groups excluding carboxylic acids is 2. The van der Waals surface area contributed by atoms with Gasteiger partial charge in [0.2, 0.25) is 0 Å². The Morgan fingerprint density at radius 3 is 2.90 bits per heavy atom. The number of thiazole rings is 1. The number of rotatable bonds is 4. The highest BCUT2D eigenvalue weighted by Crippen LogP contribution is 2.24. The van der Waals surface area contributed by atoms with Crippen LogP contribution in [0.3, 0.4) is 0 Å². The van der Waals surface area contributed by atoms with Crippen molar-refractivity contribution in [1.29, 1.82) is 0 Å². The molecular formula is C13H13N3O3S. The fourth-order valence-electron chi connectivity index (χ4n) is 1.65. The first-order chi connectivity index (χ1) is 9.67. The van der Waals surface area contributed by atoms with E-state index in [1.807, 2.05) is 0 Å².